The van der Waals surface area contributed by atoms with E-state index in [9.17, 15) is 56.5 Å². The summed E-state index contributed by atoms with van der Waals surface area (Å²) in [6.07, 6.45) is 0.896. The number of carboxylic acid groups (broad SMARTS) is 2. The van der Waals surface area contributed by atoms with E-state index in [0.29, 0.717) is 34.0 Å². The van der Waals surface area contributed by atoms with Crippen molar-refractivity contribution < 1.29 is 71.1 Å². The summed E-state index contributed by atoms with van der Waals surface area (Å²) in [5.41, 5.74) is 5.04. The Labute approximate surface area is 474 Å². The number of aliphatic hydroxyl groups is 1. The molecule has 1 aromatic heterocycles. The van der Waals surface area contributed by atoms with Gasteiger partial charge < -0.3 is 44.9 Å². The highest BCUT2D eigenvalue weighted by atomic mass is 32.2. The van der Waals surface area contributed by atoms with E-state index < -0.39 is 89.1 Å². The molecule has 0 radical (unpaired) electrons. The second-order valence-corrected chi connectivity index (χ2v) is 21.2. The van der Waals surface area contributed by atoms with E-state index in [2.05, 4.69) is 10.3 Å². The van der Waals surface area contributed by atoms with Gasteiger partial charge in [0.05, 0.1) is 23.9 Å². The highest BCUT2D eigenvalue weighted by Gasteiger charge is 2.50. The quantitative estimate of drug-likeness (QED) is 0.0243. The fraction of sp³-hybridized carbons (Fsp3) is 0.180. The first-order valence-electron chi connectivity index (χ1n) is 25.4. The van der Waals surface area contributed by atoms with Crippen molar-refractivity contribution in [1.29, 1.82) is 0 Å². The normalized spacial score (nSPS) is 17.1. The Morgan fingerprint density at radius 1 is 0.598 bits per heavy atom. The van der Waals surface area contributed by atoms with Crippen LogP contribution >= 0.6 is 23.5 Å². The number of nitrogens with zero attached hydrogens (tertiary/aromatic N) is 2. The van der Waals surface area contributed by atoms with E-state index in [0.717, 1.165) is 27.6 Å². The van der Waals surface area contributed by atoms with Crippen LogP contribution in [0.4, 0.5) is 28.9 Å². The molecule has 10 rings (SSSR count). The SMILES string of the molecule is O=C(COc1ccc([C@@H]2[C@@H](SCC(O)c3ccc(F)cc3)C(=O)N2c2ccc(F)cc2)cc1)N[C@@H](Cc1c[nH]c2ccccc12)C(=O)O.O=C(O)COc1ccc([C@@H]2[C@@H](SCC(=O)c3ccc(F)cc3)C(=O)N2c2ccc(F)cc2)cc1. The predicted molar refractivity (Wildman–Crippen MR) is 301 cm³/mol. The Morgan fingerprint density at radius 3 is 1.59 bits per heavy atom. The molecule has 2 aliphatic rings. The number of hydrogen-bond donors (Lipinski definition) is 5. The number of carbonyl (C=O) groups is 6. The number of hydrogen-bond acceptors (Lipinski definition) is 11. The first-order valence-corrected chi connectivity index (χ1v) is 27.5. The predicted octanol–water partition coefficient (Wildman–Crippen LogP) is 10.1. The lowest BCUT2D eigenvalue weighted by Crippen LogP contribution is -2.57. The molecule has 82 heavy (non-hydrogen) atoms. The highest BCUT2D eigenvalue weighted by Crippen LogP contribution is 2.47. The molecule has 15 nitrogen and oxygen atoms in total. The van der Waals surface area contributed by atoms with Gasteiger partial charge in [-0.1, -0.05) is 54.6 Å². The first kappa shape index (κ1) is 57.8. The van der Waals surface area contributed by atoms with Crippen molar-refractivity contribution in [3.8, 4) is 11.5 Å². The number of aromatic nitrogens is 1. The third-order valence-corrected chi connectivity index (χ3v) is 16.0. The summed E-state index contributed by atoms with van der Waals surface area (Å²) < 4.78 is 64.4. The third-order valence-electron chi connectivity index (χ3n) is 13.5. The van der Waals surface area contributed by atoms with E-state index in [-0.39, 0.29) is 35.5 Å². The van der Waals surface area contributed by atoms with Crippen LogP contribution in [-0.4, -0.2) is 97.0 Å². The Morgan fingerprint density at radius 2 is 1.07 bits per heavy atom. The van der Waals surface area contributed by atoms with Gasteiger partial charge in [-0.05, 0) is 138 Å². The summed E-state index contributed by atoms with van der Waals surface area (Å²) in [5.74, 6) is -4.32. The van der Waals surface area contributed by atoms with Crippen LogP contribution in [0.5, 0.6) is 11.5 Å². The van der Waals surface area contributed by atoms with Crippen LogP contribution in [0.1, 0.15) is 50.8 Å². The fourth-order valence-electron chi connectivity index (χ4n) is 9.31. The maximum Gasteiger partial charge on any atom is 0.341 e. The number of carboxylic acids is 2. The largest absolute Gasteiger partial charge is 0.484 e. The van der Waals surface area contributed by atoms with Crippen LogP contribution in [-0.2, 0) is 30.4 Å². The van der Waals surface area contributed by atoms with Gasteiger partial charge in [0.15, 0.2) is 19.0 Å². The van der Waals surface area contributed by atoms with E-state index in [4.69, 9.17) is 14.6 Å². The summed E-state index contributed by atoms with van der Waals surface area (Å²) in [4.78, 5) is 80.4. The van der Waals surface area contributed by atoms with Crippen molar-refractivity contribution in [2.24, 2.45) is 0 Å². The Kier molecular flexibility index (Phi) is 18.4. The maximum absolute atomic E-state index is 13.7. The summed E-state index contributed by atoms with van der Waals surface area (Å²) in [7, 11) is 0. The topological polar surface area (TPSA) is 216 Å². The molecule has 7 aromatic carbocycles. The number of aromatic amines is 1. The highest BCUT2D eigenvalue weighted by molar-refractivity contribution is 8.01. The molecule has 21 heteroatoms. The first-order chi connectivity index (χ1) is 39.5. The van der Waals surface area contributed by atoms with Crippen molar-refractivity contribution in [2.75, 3.05) is 34.5 Å². The summed E-state index contributed by atoms with van der Waals surface area (Å²) in [5, 5.41) is 31.5. The zero-order valence-corrected chi connectivity index (χ0v) is 44.7. The molecule has 2 saturated heterocycles. The molecule has 1 unspecified atom stereocenters. The number of H-pyrrole nitrogens is 1. The van der Waals surface area contributed by atoms with Gasteiger partial charge in [0, 0.05) is 46.2 Å². The minimum atomic E-state index is -1.17. The van der Waals surface area contributed by atoms with Gasteiger partial charge in [-0.25, -0.2) is 27.2 Å². The Balaban J connectivity index is 0.000000210. The lowest BCUT2D eigenvalue weighted by Gasteiger charge is -2.47. The minimum Gasteiger partial charge on any atom is -0.484 e. The van der Waals surface area contributed by atoms with Crippen molar-refractivity contribution in [3.05, 3.63) is 227 Å². The van der Waals surface area contributed by atoms with Crippen LogP contribution in [0.2, 0.25) is 0 Å². The van der Waals surface area contributed by atoms with Crippen LogP contribution in [0.3, 0.4) is 0 Å². The summed E-state index contributed by atoms with van der Waals surface area (Å²) in [6.45, 7) is -0.896. The Bertz CT molecular complexity index is 3580. The minimum absolute atomic E-state index is 0.0234. The number of rotatable bonds is 22. The second-order valence-electron chi connectivity index (χ2n) is 18.9. The standard InChI is InChI=1S/C36H31F2N3O6S.C25H19F2NO5S/c37-24-9-5-21(6-10-24)31(42)20-48-34-33(41(35(34)44)26-13-11-25(38)12-14-26)22-7-15-27(16-8-22)47-19-32(43)40-30(36(45)46)17-23-18-39-29-4-2-1-3-28(23)29;26-17-5-1-15(2-6-17)21(29)14-34-24-23(16-3-11-20(12-4-16)33-13-22(30)31)28(25(24)32)19-9-7-18(27)8-10-19/h1-16,18,30-31,33-34,39,42H,17,19-20H2,(H,40,43)(H,45,46);1-12,23-24H,13-14H2,(H,30,31)/t30-,31?,33+,34+;23-,24-/m01/s1. The molecule has 2 aliphatic heterocycles. The molecule has 6 atom stereocenters. The number of ketones is 1. The molecular weight excluding hydrogens is 1100 g/mol. The molecule has 8 aromatic rings. The lowest BCUT2D eigenvalue weighted by atomic mass is 9.92. The zero-order chi connectivity index (χ0) is 58.0. The average Bonchev–Trinajstić information content (AvgIpc) is 3.72. The molecule has 5 N–H and O–H groups in total. The molecular formula is C61H50F4N4O11S2. The van der Waals surface area contributed by atoms with Gasteiger partial charge in [-0.2, -0.15) is 0 Å². The number of benzene rings is 7. The maximum atomic E-state index is 13.7. The van der Waals surface area contributed by atoms with Crippen molar-refractivity contribution in [3.63, 3.8) is 0 Å². The number of ether oxygens (including phenoxy) is 2. The summed E-state index contributed by atoms with van der Waals surface area (Å²) >= 11 is 2.45. The zero-order valence-electron chi connectivity index (χ0n) is 43.1. The molecule has 2 fully saturated rings. The van der Waals surface area contributed by atoms with E-state index >= 15 is 0 Å². The van der Waals surface area contributed by atoms with E-state index in [1.807, 2.05) is 24.3 Å². The molecule has 0 bridgehead atoms. The number of para-hydroxylation sites is 1. The number of halogens is 4. The smallest absolute Gasteiger partial charge is 0.341 e. The van der Waals surface area contributed by atoms with Gasteiger partial charge in [-0.15, -0.1) is 23.5 Å². The van der Waals surface area contributed by atoms with Crippen LogP contribution in [0.15, 0.2) is 176 Å². The van der Waals surface area contributed by atoms with E-state index in [1.54, 1.807) is 59.6 Å². The number of aliphatic hydroxyl groups excluding tert-OH is 1. The van der Waals surface area contributed by atoms with Gasteiger partial charge in [0.1, 0.15) is 51.3 Å². The van der Waals surface area contributed by atoms with E-state index in [1.165, 1.54) is 125 Å². The monoisotopic (exact) mass is 1150 g/mol. The second kappa shape index (κ2) is 26.1. The molecule has 0 aliphatic carbocycles. The molecule has 0 saturated carbocycles. The van der Waals surface area contributed by atoms with Gasteiger partial charge >= 0.3 is 11.9 Å². The number of nitrogens with one attached hydrogen (secondary N) is 2. The fourth-order valence-corrected chi connectivity index (χ4v) is 11.8. The number of thioether (sulfide) groups is 2. The average molecular weight is 1160 g/mol. The van der Waals surface area contributed by atoms with Crippen molar-refractivity contribution in [2.45, 2.75) is 41.2 Å². The number of β-lactam (4-membered cyclic amide) rings is 2. The number of Topliss-reactive ketones (excluding diaryl/α,β-unsaturated/α-hetero) is 1. The van der Waals surface area contributed by atoms with Crippen molar-refractivity contribution >= 4 is 81.2 Å². The number of anilines is 2. The number of amides is 3. The molecule has 3 amide bonds. The number of carbonyl (C=O) groups excluding carboxylic acids is 4. The molecule has 420 valence electrons. The summed E-state index contributed by atoms with van der Waals surface area (Å²) in [6, 6.07) is 40.8. The lowest BCUT2D eigenvalue weighted by molar-refractivity contribution is -0.142. The number of fused-ring (bicyclic) bond motifs is 1. The van der Waals surface area contributed by atoms with Gasteiger partial charge in [0.2, 0.25) is 11.8 Å². The molecule has 3 heterocycles. The van der Waals surface area contributed by atoms with Gasteiger partial charge in [0.25, 0.3) is 5.91 Å². The van der Waals surface area contributed by atoms with Crippen LogP contribution in [0, 0.1) is 23.3 Å². The number of aliphatic carboxylic acids is 2. The third kappa shape index (κ3) is 13.8. The Hall–Kier alpha value is -8.92. The van der Waals surface area contributed by atoms with Crippen LogP contribution in [0.25, 0.3) is 10.9 Å². The van der Waals surface area contributed by atoms with Gasteiger partial charge in [-0.3, -0.25) is 19.2 Å². The van der Waals surface area contributed by atoms with Crippen LogP contribution < -0.4 is 24.6 Å². The van der Waals surface area contributed by atoms with Crippen molar-refractivity contribution in [1.82, 2.24) is 10.3 Å². The molecule has 0 spiro atoms.